The molecule has 1 unspecified atom stereocenters. The summed E-state index contributed by atoms with van der Waals surface area (Å²) in [6, 6.07) is 4.11. The smallest absolute Gasteiger partial charge is 0.243 e. The third-order valence-electron chi connectivity index (χ3n) is 3.07. The van der Waals surface area contributed by atoms with Gasteiger partial charge < -0.3 is 9.84 Å². The number of hydrogen-bond donors (Lipinski definition) is 1. The number of aromatic nitrogens is 3. The summed E-state index contributed by atoms with van der Waals surface area (Å²) in [6.07, 6.45) is 2.86. The van der Waals surface area contributed by atoms with Crippen LogP contribution in [0.4, 0.5) is 0 Å². The van der Waals surface area contributed by atoms with Crippen LogP contribution in [0.3, 0.4) is 0 Å². The Balaban J connectivity index is 1.85. The van der Waals surface area contributed by atoms with Crippen LogP contribution in [0.1, 0.15) is 32.2 Å². The van der Waals surface area contributed by atoms with Gasteiger partial charge in [-0.25, -0.2) is 0 Å². The molecule has 3 rings (SSSR count). The van der Waals surface area contributed by atoms with Crippen molar-refractivity contribution in [1.29, 1.82) is 0 Å². The van der Waals surface area contributed by atoms with Crippen molar-refractivity contribution >= 4 is 21.6 Å². The SMILES string of the molecule is CCCNC(C)c1nc(-c2cnc3ccsc3c2)no1. The highest BCUT2D eigenvalue weighted by atomic mass is 32.1. The molecular weight excluding hydrogens is 272 g/mol. The highest BCUT2D eigenvalue weighted by Crippen LogP contribution is 2.24. The average molecular weight is 288 g/mol. The predicted molar refractivity (Wildman–Crippen MR) is 79.6 cm³/mol. The molecule has 1 atom stereocenters. The fourth-order valence-electron chi connectivity index (χ4n) is 1.95. The number of pyridine rings is 1. The lowest BCUT2D eigenvalue weighted by atomic mass is 10.2. The lowest BCUT2D eigenvalue weighted by molar-refractivity contribution is 0.340. The Morgan fingerprint density at radius 1 is 1.45 bits per heavy atom. The topological polar surface area (TPSA) is 63.8 Å². The minimum Gasteiger partial charge on any atom is -0.337 e. The molecule has 20 heavy (non-hydrogen) atoms. The van der Waals surface area contributed by atoms with E-state index in [-0.39, 0.29) is 6.04 Å². The molecule has 0 spiro atoms. The number of hydrogen-bond acceptors (Lipinski definition) is 6. The maximum Gasteiger partial charge on any atom is 0.243 e. The second-order valence-corrected chi connectivity index (χ2v) is 5.61. The van der Waals surface area contributed by atoms with Gasteiger partial charge in [0.2, 0.25) is 11.7 Å². The Labute approximate surface area is 121 Å². The number of thiophene rings is 1. The normalized spacial score (nSPS) is 12.9. The third kappa shape index (κ3) is 2.57. The summed E-state index contributed by atoms with van der Waals surface area (Å²) in [6.45, 7) is 5.08. The van der Waals surface area contributed by atoms with Crippen LogP contribution >= 0.6 is 11.3 Å². The van der Waals surface area contributed by atoms with Gasteiger partial charge in [0, 0.05) is 11.8 Å². The van der Waals surface area contributed by atoms with Gasteiger partial charge in [0.1, 0.15) is 0 Å². The molecule has 0 aliphatic rings. The maximum atomic E-state index is 5.32. The summed E-state index contributed by atoms with van der Waals surface area (Å²) >= 11 is 1.66. The van der Waals surface area contributed by atoms with E-state index in [0.29, 0.717) is 11.7 Å². The van der Waals surface area contributed by atoms with E-state index in [1.807, 2.05) is 24.4 Å². The molecule has 0 aromatic carbocycles. The molecule has 0 radical (unpaired) electrons. The van der Waals surface area contributed by atoms with E-state index < -0.39 is 0 Å². The molecule has 0 bridgehead atoms. The van der Waals surface area contributed by atoms with Crippen LogP contribution < -0.4 is 5.32 Å². The number of rotatable bonds is 5. The van der Waals surface area contributed by atoms with Crippen LogP contribution in [0.25, 0.3) is 21.6 Å². The van der Waals surface area contributed by atoms with Gasteiger partial charge in [-0.1, -0.05) is 12.1 Å². The standard InChI is InChI=1S/C14H16N4OS/c1-3-5-15-9(2)14-17-13(18-19-14)10-7-12-11(16-8-10)4-6-20-12/h4,6-9,15H,3,5H2,1-2H3. The van der Waals surface area contributed by atoms with Gasteiger partial charge in [-0.3, -0.25) is 4.98 Å². The zero-order valence-electron chi connectivity index (χ0n) is 11.5. The molecule has 0 aliphatic heterocycles. The Kier molecular flexibility index (Phi) is 3.75. The Hall–Kier alpha value is -1.79. The summed E-state index contributed by atoms with van der Waals surface area (Å²) in [5.41, 5.74) is 1.89. The van der Waals surface area contributed by atoms with Gasteiger partial charge in [0.25, 0.3) is 0 Å². The molecule has 1 N–H and O–H groups in total. The summed E-state index contributed by atoms with van der Waals surface area (Å²) < 4.78 is 6.45. The van der Waals surface area contributed by atoms with Gasteiger partial charge in [0.15, 0.2) is 0 Å². The first-order chi connectivity index (χ1) is 9.78. The van der Waals surface area contributed by atoms with E-state index in [4.69, 9.17) is 4.52 Å². The quantitative estimate of drug-likeness (QED) is 0.779. The van der Waals surface area contributed by atoms with Crippen LogP contribution in [0, 0.1) is 0 Å². The Bertz CT molecular complexity index is 706. The fraction of sp³-hybridized carbons (Fsp3) is 0.357. The van der Waals surface area contributed by atoms with Crippen molar-refractivity contribution in [2.45, 2.75) is 26.3 Å². The maximum absolute atomic E-state index is 5.32. The molecule has 3 heterocycles. The molecule has 0 fully saturated rings. The number of fused-ring (bicyclic) bond motifs is 1. The van der Waals surface area contributed by atoms with Gasteiger partial charge in [-0.15, -0.1) is 11.3 Å². The van der Waals surface area contributed by atoms with Crippen LogP contribution in [0.5, 0.6) is 0 Å². The van der Waals surface area contributed by atoms with E-state index in [0.717, 1.165) is 28.7 Å². The molecule has 104 valence electrons. The van der Waals surface area contributed by atoms with E-state index in [1.165, 1.54) is 0 Å². The summed E-state index contributed by atoms with van der Waals surface area (Å²) in [5.74, 6) is 1.20. The second-order valence-electron chi connectivity index (χ2n) is 4.66. The third-order valence-corrected chi connectivity index (χ3v) is 3.93. The van der Waals surface area contributed by atoms with Gasteiger partial charge in [0.05, 0.1) is 16.3 Å². The molecule has 0 aliphatic carbocycles. The lowest BCUT2D eigenvalue weighted by Gasteiger charge is -2.06. The number of nitrogens with one attached hydrogen (secondary N) is 1. The second kappa shape index (κ2) is 5.68. The predicted octanol–water partition coefficient (Wildman–Crippen LogP) is 3.41. The largest absolute Gasteiger partial charge is 0.337 e. The summed E-state index contributed by atoms with van der Waals surface area (Å²) in [5, 5.41) is 9.40. The fourth-order valence-corrected chi connectivity index (χ4v) is 2.73. The Morgan fingerprint density at radius 2 is 2.35 bits per heavy atom. The van der Waals surface area contributed by atoms with Gasteiger partial charge >= 0.3 is 0 Å². The minimum atomic E-state index is 0.0645. The van der Waals surface area contributed by atoms with Crippen LogP contribution in [-0.2, 0) is 0 Å². The van der Waals surface area contributed by atoms with Crippen LogP contribution in [-0.4, -0.2) is 21.7 Å². The molecule has 0 saturated heterocycles. The molecule has 0 amide bonds. The van der Waals surface area contributed by atoms with Gasteiger partial charge in [-0.05, 0) is 37.4 Å². The number of nitrogens with zero attached hydrogens (tertiary/aromatic N) is 3. The first-order valence-corrected chi connectivity index (χ1v) is 7.56. The van der Waals surface area contributed by atoms with Crippen molar-refractivity contribution in [2.24, 2.45) is 0 Å². The summed E-state index contributed by atoms with van der Waals surface area (Å²) in [7, 11) is 0. The summed E-state index contributed by atoms with van der Waals surface area (Å²) in [4.78, 5) is 8.84. The van der Waals surface area contributed by atoms with Crippen molar-refractivity contribution in [3.8, 4) is 11.4 Å². The molecule has 6 heteroatoms. The van der Waals surface area contributed by atoms with E-state index >= 15 is 0 Å². The first kappa shape index (κ1) is 13.2. The lowest BCUT2D eigenvalue weighted by Crippen LogP contribution is -2.19. The first-order valence-electron chi connectivity index (χ1n) is 6.68. The average Bonchev–Trinajstić information content (AvgIpc) is 3.12. The monoisotopic (exact) mass is 288 g/mol. The van der Waals surface area contributed by atoms with Crippen LogP contribution in [0.15, 0.2) is 28.2 Å². The molecule has 5 nitrogen and oxygen atoms in total. The van der Waals surface area contributed by atoms with Crippen molar-refractivity contribution < 1.29 is 4.52 Å². The molecule has 3 aromatic rings. The van der Waals surface area contributed by atoms with Crippen molar-refractivity contribution in [3.63, 3.8) is 0 Å². The highest BCUT2D eigenvalue weighted by Gasteiger charge is 2.15. The van der Waals surface area contributed by atoms with Crippen molar-refractivity contribution in [3.05, 3.63) is 29.6 Å². The van der Waals surface area contributed by atoms with Crippen molar-refractivity contribution in [2.75, 3.05) is 6.54 Å². The molecule has 0 saturated carbocycles. The van der Waals surface area contributed by atoms with E-state index in [9.17, 15) is 0 Å². The van der Waals surface area contributed by atoms with E-state index in [1.54, 1.807) is 17.5 Å². The van der Waals surface area contributed by atoms with Crippen LogP contribution in [0.2, 0.25) is 0 Å². The zero-order valence-corrected chi connectivity index (χ0v) is 12.3. The molecule has 3 aromatic heterocycles. The van der Waals surface area contributed by atoms with Crippen molar-refractivity contribution in [1.82, 2.24) is 20.4 Å². The highest BCUT2D eigenvalue weighted by molar-refractivity contribution is 7.17. The Morgan fingerprint density at radius 3 is 3.20 bits per heavy atom. The zero-order chi connectivity index (χ0) is 13.9. The van der Waals surface area contributed by atoms with E-state index in [2.05, 4.69) is 27.4 Å². The minimum absolute atomic E-state index is 0.0645. The molecular formula is C14H16N4OS. The van der Waals surface area contributed by atoms with Gasteiger partial charge in [-0.2, -0.15) is 4.98 Å².